The van der Waals surface area contributed by atoms with Gasteiger partial charge >= 0.3 is 0 Å². The maximum atomic E-state index is 5.57. The SMILES string of the molecule is CCSc1cc(SCC)nc(N)n1. The summed E-state index contributed by atoms with van der Waals surface area (Å²) in [5.41, 5.74) is 5.57. The number of hydrogen-bond acceptors (Lipinski definition) is 5. The van der Waals surface area contributed by atoms with Gasteiger partial charge in [-0.05, 0) is 11.5 Å². The van der Waals surface area contributed by atoms with Gasteiger partial charge in [0.2, 0.25) is 5.95 Å². The molecule has 1 rings (SSSR count). The molecule has 13 heavy (non-hydrogen) atoms. The highest BCUT2D eigenvalue weighted by Gasteiger charge is 2.01. The van der Waals surface area contributed by atoms with Crippen molar-refractivity contribution in [3.63, 3.8) is 0 Å². The van der Waals surface area contributed by atoms with Gasteiger partial charge in [0.25, 0.3) is 0 Å². The highest BCUT2D eigenvalue weighted by Crippen LogP contribution is 2.22. The van der Waals surface area contributed by atoms with Crippen LogP contribution in [0.4, 0.5) is 5.95 Å². The Hall–Kier alpha value is -0.420. The van der Waals surface area contributed by atoms with Crippen molar-refractivity contribution in [3.8, 4) is 0 Å². The van der Waals surface area contributed by atoms with E-state index in [0.29, 0.717) is 5.95 Å². The molecule has 72 valence electrons. The van der Waals surface area contributed by atoms with Crippen LogP contribution in [-0.4, -0.2) is 21.5 Å². The van der Waals surface area contributed by atoms with E-state index in [-0.39, 0.29) is 0 Å². The molecule has 0 aromatic carbocycles. The number of hydrogen-bond donors (Lipinski definition) is 1. The second-order valence-electron chi connectivity index (χ2n) is 2.27. The summed E-state index contributed by atoms with van der Waals surface area (Å²) in [6.45, 7) is 4.19. The molecule has 0 atom stereocenters. The molecule has 1 aromatic rings. The predicted molar refractivity (Wildman–Crippen MR) is 59.2 cm³/mol. The van der Waals surface area contributed by atoms with Gasteiger partial charge in [-0.15, -0.1) is 23.5 Å². The summed E-state index contributed by atoms with van der Waals surface area (Å²) in [5.74, 6) is 2.38. The molecule has 0 bridgehead atoms. The molecule has 2 N–H and O–H groups in total. The van der Waals surface area contributed by atoms with E-state index in [0.717, 1.165) is 21.6 Å². The average Bonchev–Trinajstić information content (AvgIpc) is 2.04. The molecule has 1 heterocycles. The van der Waals surface area contributed by atoms with Crippen LogP contribution in [0.5, 0.6) is 0 Å². The van der Waals surface area contributed by atoms with Crippen LogP contribution in [0.25, 0.3) is 0 Å². The smallest absolute Gasteiger partial charge is 0.222 e. The summed E-state index contributed by atoms with van der Waals surface area (Å²) in [7, 11) is 0. The maximum absolute atomic E-state index is 5.57. The third-order valence-corrected chi connectivity index (χ3v) is 2.87. The fourth-order valence-electron chi connectivity index (χ4n) is 0.865. The Morgan fingerprint density at radius 3 is 2.00 bits per heavy atom. The van der Waals surface area contributed by atoms with Gasteiger partial charge < -0.3 is 5.73 Å². The lowest BCUT2D eigenvalue weighted by Gasteiger charge is -2.02. The maximum Gasteiger partial charge on any atom is 0.222 e. The molecular weight excluding hydrogens is 202 g/mol. The van der Waals surface area contributed by atoms with Crippen molar-refractivity contribution in [2.24, 2.45) is 0 Å². The third kappa shape index (κ3) is 3.44. The van der Waals surface area contributed by atoms with Crippen molar-refractivity contribution in [2.75, 3.05) is 17.2 Å². The van der Waals surface area contributed by atoms with Crippen molar-refractivity contribution >= 4 is 29.5 Å². The van der Waals surface area contributed by atoms with Gasteiger partial charge in [-0.1, -0.05) is 13.8 Å². The standard InChI is InChI=1S/C8H13N3S2/c1-3-12-6-5-7(13-4-2)11-8(9)10-6/h5H,3-4H2,1-2H3,(H2,9,10,11). The van der Waals surface area contributed by atoms with E-state index in [1.165, 1.54) is 0 Å². The molecule has 0 radical (unpaired) electrons. The molecular formula is C8H13N3S2. The summed E-state index contributed by atoms with van der Waals surface area (Å²) < 4.78 is 0. The molecule has 0 amide bonds. The molecule has 0 saturated carbocycles. The van der Waals surface area contributed by atoms with Crippen molar-refractivity contribution in [3.05, 3.63) is 6.07 Å². The van der Waals surface area contributed by atoms with E-state index < -0.39 is 0 Å². The molecule has 0 aliphatic rings. The van der Waals surface area contributed by atoms with E-state index in [1.54, 1.807) is 23.5 Å². The Kier molecular flexibility index (Phi) is 4.38. The van der Waals surface area contributed by atoms with Gasteiger partial charge in [0, 0.05) is 6.07 Å². The van der Waals surface area contributed by atoms with Crippen LogP contribution in [0.3, 0.4) is 0 Å². The summed E-state index contributed by atoms with van der Waals surface area (Å²) in [6.07, 6.45) is 0. The molecule has 3 nitrogen and oxygen atoms in total. The molecule has 1 aromatic heterocycles. The molecule has 0 unspecified atom stereocenters. The largest absolute Gasteiger partial charge is 0.368 e. The van der Waals surface area contributed by atoms with E-state index in [9.17, 15) is 0 Å². The molecule has 0 fully saturated rings. The van der Waals surface area contributed by atoms with Crippen LogP contribution in [-0.2, 0) is 0 Å². The zero-order valence-electron chi connectivity index (χ0n) is 7.78. The number of nitrogens with two attached hydrogens (primary N) is 1. The number of nitrogen functional groups attached to an aromatic ring is 1. The monoisotopic (exact) mass is 215 g/mol. The summed E-state index contributed by atoms with van der Waals surface area (Å²) >= 11 is 3.37. The van der Waals surface area contributed by atoms with Crippen LogP contribution in [0, 0.1) is 0 Å². The molecule has 0 spiro atoms. The Morgan fingerprint density at radius 2 is 1.62 bits per heavy atom. The Morgan fingerprint density at radius 1 is 1.15 bits per heavy atom. The van der Waals surface area contributed by atoms with Gasteiger partial charge in [-0.3, -0.25) is 0 Å². The molecule has 0 saturated heterocycles. The average molecular weight is 215 g/mol. The third-order valence-electron chi connectivity index (χ3n) is 1.28. The predicted octanol–water partition coefficient (Wildman–Crippen LogP) is 2.28. The van der Waals surface area contributed by atoms with Crippen LogP contribution >= 0.6 is 23.5 Å². The van der Waals surface area contributed by atoms with Gasteiger partial charge in [0.1, 0.15) is 10.1 Å². The van der Waals surface area contributed by atoms with Crippen LogP contribution in [0.1, 0.15) is 13.8 Å². The van der Waals surface area contributed by atoms with E-state index >= 15 is 0 Å². The van der Waals surface area contributed by atoms with Crippen molar-refractivity contribution in [2.45, 2.75) is 23.9 Å². The molecule has 0 aliphatic heterocycles. The summed E-state index contributed by atoms with van der Waals surface area (Å²) in [6, 6.07) is 1.98. The second kappa shape index (κ2) is 5.34. The van der Waals surface area contributed by atoms with Crippen molar-refractivity contribution < 1.29 is 0 Å². The first-order chi connectivity index (χ1) is 6.26. The normalized spacial score (nSPS) is 10.3. The number of nitrogens with zero attached hydrogens (tertiary/aromatic N) is 2. The fraction of sp³-hybridized carbons (Fsp3) is 0.500. The lowest BCUT2D eigenvalue weighted by atomic mass is 10.7. The fourth-order valence-corrected chi connectivity index (χ4v) is 2.24. The number of thioether (sulfide) groups is 2. The van der Waals surface area contributed by atoms with Crippen LogP contribution in [0.2, 0.25) is 0 Å². The number of rotatable bonds is 4. The van der Waals surface area contributed by atoms with Gasteiger partial charge in [0.15, 0.2) is 0 Å². The van der Waals surface area contributed by atoms with Crippen molar-refractivity contribution in [1.82, 2.24) is 9.97 Å². The Labute approximate surface area is 86.9 Å². The first-order valence-corrected chi connectivity index (χ1v) is 6.13. The van der Waals surface area contributed by atoms with E-state index in [4.69, 9.17) is 5.73 Å². The van der Waals surface area contributed by atoms with Gasteiger partial charge in [-0.2, -0.15) is 0 Å². The zero-order valence-corrected chi connectivity index (χ0v) is 9.41. The highest BCUT2D eigenvalue weighted by atomic mass is 32.2. The number of anilines is 1. The minimum Gasteiger partial charge on any atom is -0.368 e. The Bertz CT molecular complexity index is 254. The van der Waals surface area contributed by atoms with Crippen molar-refractivity contribution in [1.29, 1.82) is 0 Å². The second-order valence-corrected chi connectivity index (χ2v) is 4.84. The zero-order chi connectivity index (χ0) is 9.68. The molecule has 0 aliphatic carbocycles. The minimum atomic E-state index is 0.370. The lowest BCUT2D eigenvalue weighted by Crippen LogP contribution is -1.97. The summed E-state index contributed by atoms with van der Waals surface area (Å²) in [4.78, 5) is 8.24. The first-order valence-electron chi connectivity index (χ1n) is 4.16. The molecule has 5 heteroatoms. The topological polar surface area (TPSA) is 51.8 Å². The van der Waals surface area contributed by atoms with E-state index in [1.807, 2.05) is 6.07 Å². The lowest BCUT2D eigenvalue weighted by molar-refractivity contribution is 0.981. The first kappa shape index (κ1) is 10.7. The highest BCUT2D eigenvalue weighted by molar-refractivity contribution is 7.99. The van der Waals surface area contributed by atoms with Crippen LogP contribution in [0.15, 0.2) is 16.1 Å². The minimum absolute atomic E-state index is 0.370. The summed E-state index contributed by atoms with van der Waals surface area (Å²) in [5, 5.41) is 1.93. The Balaban J connectivity index is 2.83. The van der Waals surface area contributed by atoms with Gasteiger partial charge in [0.05, 0.1) is 0 Å². The van der Waals surface area contributed by atoms with Gasteiger partial charge in [-0.25, -0.2) is 9.97 Å². The van der Waals surface area contributed by atoms with Crippen LogP contribution < -0.4 is 5.73 Å². The number of aromatic nitrogens is 2. The van der Waals surface area contributed by atoms with E-state index in [2.05, 4.69) is 23.8 Å². The quantitative estimate of drug-likeness (QED) is 0.617.